The Labute approximate surface area is 252 Å². The number of hydrogen-bond acceptors (Lipinski definition) is 4. The zero-order valence-electron chi connectivity index (χ0n) is 22.6. The highest BCUT2D eigenvalue weighted by Crippen LogP contribution is 2.37. The van der Waals surface area contributed by atoms with Gasteiger partial charge in [-0.1, -0.05) is 18.2 Å². The normalized spacial score (nSPS) is 16.0. The van der Waals surface area contributed by atoms with Crippen molar-refractivity contribution in [3.63, 3.8) is 0 Å². The van der Waals surface area contributed by atoms with Crippen molar-refractivity contribution in [2.45, 2.75) is 44.6 Å². The summed E-state index contributed by atoms with van der Waals surface area (Å²) in [5.41, 5.74) is -1.29. The number of benzene rings is 2. The molecule has 0 radical (unpaired) electrons. The number of carbonyl (C=O) groups is 1. The summed E-state index contributed by atoms with van der Waals surface area (Å²) < 4.78 is 80.7. The number of aromatic hydroxyl groups is 1. The molecular weight excluding hydrogens is 607 g/mol. The molecular formula is C29H31Cl2F6N3O2. The van der Waals surface area contributed by atoms with Gasteiger partial charge in [0, 0.05) is 43.6 Å². The molecule has 1 unspecified atom stereocenters. The first-order valence-electron chi connectivity index (χ1n) is 12.8. The first-order valence-corrected chi connectivity index (χ1v) is 12.8. The molecule has 1 aliphatic rings. The highest BCUT2D eigenvalue weighted by molar-refractivity contribution is 5.95. The zero-order chi connectivity index (χ0) is 29.1. The van der Waals surface area contributed by atoms with E-state index in [1.54, 1.807) is 37.5 Å². The Morgan fingerprint density at radius 3 is 2.19 bits per heavy atom. The molecule has 2 aromatic carbocycles. The van der Waals surface area contributed by atoms with Crippen molar-refractivity contribution in [1.82, 2.24) is 14.8 Å². The van der Waals surface area contributed by atoms with Gasteiger partial charge in [-0.2, -0.15) is 26.3 Å². The summed E-state index contributed by atoms with van der Waals surface area (Å²) in [5, 5.41) is 10.2. The molecule has 0 spiro atoms. The van der Waals surface area contributed by atoms with Gasteiger partial charge in [-0.25, -0.2) is 0 Å². The van der Waals surface area contributed by atoms with Crippen molar-refractivity contribution in [3.8, 4) is 5.75 Å². The fourth-order valence-electron chi connectivity index (χ4n) is 4.92. The number of nitrogens with zero attached hydrogens (tertiary/aromatic N) is 3. The number of hydrogen-bond donors (Lipinski definition) is 1. The van der Waals surface area contributed by atoms with Gasteiger partial charge in [0.05, 0.1) is 11.1 Å². The Kier molecular flexibility index (Phi) is 12.1. The van der Waals surface area contributed by atoms with Crippen LogP contribution in [0.5, 0.6) is 5.75 Å². The van der Waals surface area contributed by atoms with Crippen molar-refractivity contribution in [1.29, 1.82) is 0 Å². The van der Waals surface area contributed by atoms with Crippen molar-refractivity contribution >= 4 is 30.7 Å². The minimum absolute atomic E-state index is 0. The Morgan fingerprint density at radius 1 is 0.952 bits per heavy atom. The van der Waals surface area contributed by atoms with Crippen LogP contribution in [0.15, 0.2) is 60.9 Å². The van der Waals surface area contributed by atoms with Crippen LogP contribution in [-0.4, -0.2) is 58.0 Å². The van der Waals surface area contributed by atoms with E-state index in [9.17, 15) is 36.2 Å². The summed E-state index contributed by atoms with van der Waals surface area (Å²) in [4.78, 5) is 21.1. The fourth-order valence-corrected chi connectivity index (χ4v) is 4.92. The number of pyridine rings is 1. The van der Waals surface area contributed by atoms with Crippen LogP contribution in [0.1, 0.15) is 44.6 Å². The fraction of sp³-hybridized carbons (Fsp3) is 0.379. The third-order valence-electron chi connectivity index (χ3n) is 7.07. The number of amides is 1. The lowest BCUT2D eigenvalue weighted by molar-refractivity contribution is -0.143. The number of carbonyl (C=O) groups excluding carboxylic acids is 1. The van der Waals surface area contributed by atoms with Gasteiger partial charge in [0.2, 0.25) is 0 Å². The third kappa shape index (κ3) is 8.99. The second kappa shape index (κ2) is 14.4. The summed E-state index contributed by atoms with van der Waals surface area (Å²) in [6, 6.07) is 9.32. The SMILES string of the molecule is Cc1ccc(CC2CN(CCCc3cccnc3)CCN2C(=O)c2cc(C(F)(F)F)cc(C(F)(F)F)c2)cc1O.Cl.Cl. The summed E-state index contributed by atoms with van der Waals surface area (Å²) in [6.07, 6.45) is -4.77. The highest BCUT2D eigenvalue weighted by Gasteiger charge is 2.39. The maximum absolute atomic E-state index is 13.5. The van der Waals surface area contributed by atoms with Gasteiger partial charge in [0.15, 0.2) is 0 Å². The monoisotopic (exact) mass is 637 g/mol. The topological polar surface area (TPSA) is 56.7 Å². The summed E-state index contributed by atoms with van der Waals surface area (Å²) in [5.74, 6) is -0.833. The first-order chi connectivity index (χ1) is 18.8. The van der Waals surface area contributed by atoms with Gasteiger partial charge < -0.3 is 10.0 Å². The van der Waals surface area contributed by atoms with Crippen LogP contribution in [0.2, 0.25) is 0 Å². The predicted molar refractivity (Wildman–Crippen MR) is 151 cm³/mol. The number of aryl methyl sites for hydroxylation is 2. The Hall–Kier alpha value is -3.02. The van der Waals surface area contributed by atoms with Crippen molar-refractivity contribution in [3.05, 3.63) is 94.3 Å². The van der Waals surface area contributed by atoms with Gasteiger partial charge in [-0.15, -0.1) is 24.8 Å². The second-order valence-electron chi connectivity index (χ2n) is 10.0. The molecule has 230 valence electrons. The van der Waals surface area contributed by atoms with Crippen LogP contribution in [0.25, 0.3) is 0 Å². The van der Waals surface area contributed by atoms with E-state index >= 15 is 0 Å². The van der Waals surface area contributed by atoms with Crippen LogP contribution < -0.4 is 0 Å². The van der Waals surface area contributed by atoms with Crippen molar-refractivity contribution < 1.29 is 36.2 Å². The molecule has 13 heteroatoms. The Bertz CT molecular complexity index is 1310. The second-order valence-corrected chi connectivity index (χ2v) is 10.0. The lowest BCUT2D eigenvalue weighted by atomic mass is 9.98. The van der Waals surface area contributed by atoms with Crippen LogP contribution in [0.4, 0.5) is 26.3 Å². The molecule has 0 bridgehead atoms. The minimum Gasteiger partial charge on any atom is -0.508 e. The molecule has 1 amide bonds. The van der Waals surface area contributed by atoms with Gasteiger partial charge in [0.25, 0.3) is 5.91 Å². The van der Waals surface area contributed by atoms with Crippen molar-refractivity contribution in [2.75, 3.05) is 26.2 Å². The standard InChI is InChI=1S/C29H29F6N3O2.2ClH/c1-19-6-7-21(13-26(19)39)12-25-18-37(9-3-5-20-4-2-8-36-17-20)10-11-38(25)27(40)22-14-23(28(30,31)32)16-24(15-22)29(33,34)35;;/h2,4,6-8,13-17,25,39H,3,5,9-12,18H2,1H3;2*1H. The number of halogens is 8. The Balaban J connectivity index is 0.00000308. The molecule has 1 aliphatic heterocycles. The lowest BCUT2D eigenvalue weighted by Gasteiger charge is -2.42. The number of rotatable bonds is 7. The van der Waals surface area contributed by atoms with Gasteiger partial charge >= 0.3 is 12.4 Å². The smallest absolute Gasteiger partial charge is 0.416 e. The maximum Gasteiger partial charge on any atom is 0.416 e. The van der Waals surface area contributed by atoms with E-state index in [-0.39, 0.29) is 49.6 Å². The lowest BCUT2D eigenvalue weighted by Crippen LogP contribution is -2.56. The average molecular weight is 638 g/mol. The zero-order valence-corrected chi connectivity index (χ0v) is 24.2. The van der Waals surface area contributed by atoms with Crippen molar-refractivity contribution in [2.24, 2.45) is 0 Å². The van der Waals surface area contributed by atoms with E-state index in [1.807, 2.05) is 12.1 Å². The first kappa shape index (κ1) is 35.2. The molecule has 1 N–H and O–H groups in total. The van der Waals surface area contributed by atoms with Crippen LogP contribution in [0.3, 0.4) is 0 Å². The van der Waals surface area contributed by atoms with Crippen LogP contribution >= 0.6 is 24.8 Å². The van der Waals surface area contributed by atoms with Gasteiger partial charge in [0.1, 0.15) is 5.75 Å². The molecule has 1 saturated heterocycles. The molecule has 1 fully saturated rings. The number of phenolic OH excluding ortho intramolecular Hbond substituents is 1. The molecule has 0 saturated carbocycles. The van der Waals surface area contributed by atoms with Gasteiger partial charge in [-0.05, 0) is 79.8 Å². The summed E-state index contributed by atoms with van der Waals surface area (Å²) in [6.45, 7) is 3.34. The average Bonchev–Trinajstić information content (AvgIpc) is 2.90. The predicted octanol–water partition coefficient (Wildman–Crippen LogP) is 6.98. The van der Waals surface area contributed by atoms with E-state index in [2.05, 4.69) is 9.88 Å². The van der Waals surface area contributed by atoms with Crippen LogP contribution in [0, 0.1) is 6.92 Å². The van der Waals surface area contributed by atoms with E-state index in [0.717, 1.165) is 18.4 Å². The maximum atomic E-state index is 13.5. The summed E-state index contributed by atoms with van der Waals surface area (Å²) in [7, 11) is 0. The molecule has 1 aromatic heterocycles. The minimum atomic E-state index is -5.05. The summed E-state index contributed by atoms with van der Waals surface area (Å²) >= 11 is 0. The number of aromatic nitrogens is 1. The van der Waals surface area contributed by atoms with E-state index in [1.165, 1.54) is 4.90 Å². The molecule has 3 aromatic rings. The molecule has 5 nitrogen and oxygen atoms in total. The van der Waals surface area contributed by atoms with E-state index < -0.39 is 41.0 Å². The van der Waals surface area contributed by atoms with Gasteiger partial charge in [-0.3, -0.25) is 14.7 Å². The quantitative estimate of drug-likeness (QED) is 0.284. The number of phenols is 1. The molecule has 1 atom stereocenters. The van der Waals surface area contributed by atoms with E-state index in [4.69, 9.17) is 0 Å². The molecule has 2 heterocycles. The largest absolute Gasteiger partial charge is 0.508 e. The molecule has 4 rings (SSSR count). The Morgan fingerprint density at radius 2 is 1.62 bits per heavy atom. The molecule has 42 heavy (non-hydrogen) atoms. The van der Waals surface area contributed by atoms with Crippen LogP contribution in [-0.2, 0) is 25.2 Å². The molecule has 0 aliphatic carbocycles. The number of alkyl halides is 6. The van der Waals surface area contributed by atoms with E-state index in [0.29, 0.717) is 42.9 Å². The number of piperazine rings is 1. The highest BCUT2D eigenvalue weighted by atomic mass is 35.5. The third-order valence-corrected chi connectivity index (χ3v) is 7.07.